The quantitative estimate of drug-likeness (QED) is 0.763. The second-order valence-corrected chi connectivity index (χ2v) is 5.87. The zero-order valence-electron chi connectivity index (χ0n) is 11.4. The first kappa shape index (κ1) is 12.7. The number of aromatic amines is 1. The molecule has 1 aromatic rings. The van der Waals surface area contributed by atoms with E-state index in [1.807, 2.05) is 13.0 Å². The predicted octanol–water partition coefficient (Wildman–Crippen LogP) is 1.97. The van der Waals surface area contributed by atoms with Crippen LogP contribution in [0.25, 0.3) is 0 Å². The van der Waals surface area contributed by atoms with Crippen molar-refractivity contribution >= 4 is 11.7 Å². The molecule has 2 heterocycles. The van der Waals surface area contributed by atoms with E-state index in [2.05, 4.69) is 20.8 Å². The molecule has 5 nitrogen and oxygen atoms in total. The minimum atomic E-state index is -0.0589. The molecule has 3 unspecified atom stereocenters. The Morgan fingerprint density at radius 2 is 2.16 bits per heavy atom. The van der Waals surface area contributed by atoms with Gasteiger partial charge >= 0.3 is 0 Å². The molecule has 3 rings (SSSR count). The van der Waals surface area contributed by atoms with Crippen LogP contribution in [0.5, 0.6) is 0 Å². The molecular weight excluding hydrogens is 240 g/mol. The van der Waals surface area contributed by atoms with Gasteiger partial charge in [-0.2, -0.15) is 5.10 Å². The van der Waals surface area contributed by atoms with E-state index in [4.69, 9.17) is 0 Å². The van der Waals surface area contributed by atoms with Crippen molar-refractivity contribution in [2.75, 3.05) is 5.32 Å². The summed E-state index contributed by atoms with van der Waals surface area (Å²) < 4.78 is 0. The van der Waals surface area contributed by atoms with E-state index in [0.29, 0.717) is 11.9 Å². The highest BCUT2D eigenvalue weighted by Crippen LogP contribution is 2.32. The van der Waals surface area contributed by atoms with Crippen LogP contribution in [0.4, 0.5) is 5.82 Å². The second kappa shape index (κ2) is 5.33. The minimum absolute atomic E-state index is 0.0514. The number of nitrogens with one attached hydrogen (secondary N) is 3. The number of hydrogen-bond donors (Lipinski definition) is 3. The van der Waals surface area contributed by atoms with Crippen LogP contribution in [0, 0.1) is 12.8 Å². The van der Waals surface area contributed by atoms with Crippen molar-refractivity contribution in [3.63, 3.8) is 0 Å². The Balaban J connectivity index is 1.58. The van der Waals surface area contributed by atoms with E-state index >= 15 is 0 Å². The number of hydrogen-bond acceptors (Lipinski definition) is 3. The average molecular weight is 262 g/mol. The van der Waals surface area contributed by atoms with Gasteiger partial charge in [-0.05, 0) is 38.5 Å². The van der Waals surface area contributed by atoms with Gasteiger partial charge in [0, 0.05) is 17.8 Å². The van der Waals surface area contributed by atoms with Gasteiger partial charge < -0.3 is 10.6 Å². The van der Waals surface area contributed by atoms with Crippen LogP contribution < -0.4 is 10.6 Å². The fourth-order valence-electron chi connectivity index (χ4n) is 3.40. The molecule has 0 spiro atoms. The van der Waals surface area contributed by atoms with Gasteiger partial charge in [0.2, 0.25) is 5.91 Å². The first-order chi connectivity index (χ1) is 9.22. The maximum absolute atomic E-state index is 12.2. The molecule has 1 saturated heterocycles. The molecule has 0 radical (unpaired) electrons. The van der Waals surface area contributed by atoms with Crippen molar-refractivity contribution in [3.8, 4) is 0 Å². The monoisotopic (exact) mass is 262 g/mol. The molecular formula is C14H22N4O. The third-order valence-corrected chi connectivity index (χ3v) is 4.42. The van der Waals surface area contributed by atoms with Crippen LogP contribution >= 0.6 is 0 Å². The fourth-order valence-corrected chi connectivity index (χ4v) is 3.40. The highest BCUT2D eigenvalue weighted by molar-refractivity contribution is 5.94. The predicted molar refractivity (Wildman–Crippen MR) is 73.9 cm³/mol. The van der Waals surface area contributed by atoms with Gasteiger partial charge in [0.1, 0.15) is 0 Å². The molecule has 1 saturated carbocycles. The fraction of sp³-hybridized carbons (Fsp3) is 0.714. The Labute approximate surface area is 113 Å². The summed E-state index contributed by atoms with van der Waals surface area (Å²) in [7, 11) is 0. The molecule has 2 aliphatic rings. The van der Waals surface area contributed by atoms with Crippen LogP contribution in [0.15, 0.2) is 6.07 Å². The van der Waals surface area contributed by atoms with Crippen molar-refractivity contribution in [1.29, 1.82) is 0 Å². The van der Waals surface area contributed by atoms with Gasteiger partial charge in [0.25, 0.3) is 0 Å². The molecule has 2 fully saturated rings. The Hall–Kier alpha value is -1.36. The van der Waals surface area contributed by atoms with Gasteiger partial charge in [0.15, 0.2) is 5.82 Å². The summed E-state index contributed by atoms with van der Waals surface area (Å²) in [6, 6.07) is 2.33. The standard InChI is InChI=1S/C14H22N4O/c1-9-8-13(18-17-9)16-14(19)12-7-6-10-4-2-3-5-11(10)15-12/h8,10-12,15H,2-7H2,1H3,(H2,16,17,18,19). The lowest BCUT2D eigenvalue weighted by Gasteiger charge is -2.39. The topological polar surface area (TPSA) is 69.8 Å². The Kier molecular flexibility index (Phi) is 3.55. The average Bonchev–Trinajstić information content (AvgIpc) is 2.83. The molecule has 5 heteroatoms. The Morgan fingerprint density at radius 1 is 1.32 bits per heavy atom. The van der Waals surface area contributed by atoms with Crippen LogP contribution in [0.3, 0.4) is 0 Å². The maximum atomic E-state index is 12.2. The Morgan fingerprint density at radius 3 is 2.95 bits per heavy atom. The number of nitrogens with zero attached hydrogens (tertiary/aromatic N) is 1. The van der Waals surface area contributed by atoms with Crippen molar-refractivity contribution in [3.05, 3.63) is 11.8 Å². The van der Waals surface area contributed by atoms with Gasteiger partial charge in [-0.15, -0.1) is 0 Å². The number of carbonyl (C=O) groups excluding carboxylic acids is 1. The summed E-state index contributed by atoms with van der Waals surface area (Å²) in [5.74, 6) is 1.45. The summed E-state index contributed by atoms with van der Waals surface area (Å²) in [6.45, 7) is 1.92. The van der Waals surface area contributed by atoms with Crippen molar-refractivity contribution < 1.29 is 4.79 Å². The van der Waals surface area contributed by atoms with Gasteiger partial charge in [-0.25, -0.2) is 0 Å². The molecule has 1 aliphatic heterocycles. The Bertz CT molecular complexity index is 456. The summed E-state index contributed by atoms with van der Waals surface area (Å²) in [5, 5.41) is 13.3. The highest BCUT2D eigenvalue weighted by Gasteiger charge is 2.34. The normalized spacial score (nSPS) is 30.7. The lowest BCUT2D eigenvalue weighted by atomic mass is 9.77. The molecule has 1 aromatic heterocycles. The molecule has 3 atom stereocenters. The number of amides is 1. The number of aryl methyl sites for hydroxylation is 1. The first-order valence-electron chi connectivity index (χ1n) is 7.31. The van der Waals surface area contributed by atoms with E-state index in [-0.39, 0.29) is 11.9 Å². The number of rotatable bonds is 2. The zero-order chi connectivity index (χ0) is 13.2. The van der Waals surface area contributed by atoms with E-state index in [0.717, 1.165) is 18.0 Å². The van der Waals surface area contributed by atoms with Crippen LogP contribution in [0.2, 0.25) is 0 Å². The number of aromatic nitrogens is 2. The zero-order valence-corrected chi connectivity index (χ0v) is 11.4. The second-order valence-electron chi connectivity index (χ2n) is 5.87. The number of carbonyl (C=O) groups is 1. The van der Waals surface area contributed by atoms with E-state index in [9.17, 15) is 4.79 Å². The summed E-state index contributed by atoms with van der Waals surface area (Å²) >= 11 is 0. The number of anilines is 1. The summed E-state index contributed by atoms with van der Waals surface area (Å²) in [4.78, 5) is 12.2. The molecule has 104 valence electrons. The smallest absolute Gasteiger partial charge is 0.242 e. The van der Waals surface area contributed by atoms with E-state index < -0.39 is 0 Å². The van der Waals surface area contributed by atoms with Crippen LogP contribution in [-0.2, 0) is 4.79 Å². The first-order valence-corrected chi connectivity index (χ1v) is 7.31. The van der Waals surface area contributed by atoms with Gasteiger partial charge in [-0.1, -0.05) is 12.8 Å². The summed E-state index contributed by atoms with van der Waals surface area (Å²) in [6.07, 6.45) is 7.31. The van der Waals surface area contributed by atoms with Crippen molar-refractivity contribution in [2.24, 2.45) is 5.92 Å². The lowest BCUT2D eigenvalue weighted by molar-refractivity contribution is -0.119. The highest BCUT2D eigenvalue weighted by atomic mass is 16.2. The third kappa shape index (κ3) is 2.81. The van der Waals surface area contributed by atoms with Crippen LogP contribution in [0.1, 0.15) is 44.2 Å². The molecule has 0 bridgehead atoms. The van der Waals surface area contributed by atoms with Crippen molar-refractivity contribution in [1.82, 2.24) is 15.5 Å². The van der Waals surface area contributed by atoms with E-state index in [1.54, 1.807) is 0 Å². The maximum Gasteiger partial charge on any atom is 0.242 e. The SMILES string of the molecule is Cc1cc(NC(=O)C2CCC3CCCCC3N2)n[nH]1. The minimum Gasteiger partial charge on any atom is -0.308 e. The molecule has 1 aliphatic carbocycles. The van der Waals surface area contributed by atoms with E-state index in [1.165, 1.54) is 32.1 Å². The van der Waals surface area contributed by atoms with Gasteiger partial charge in [0.05, 0.1) is 6.04 Å². The van der Waals surface area contributed by atoms with Crippen molar-refractivity contribution in [2.45, 2.75) is 57.5 Å². The number of fused-ring (bicyclic) bond motifs is 1. The molecule has 3 N–H and O–H groups in total. The number of H-pyrrole nitrogens is 1. The number of piperidine rings is 1. The lowest BCUT2D eigenvalue weighted by Crippen LogP contribution is -2.53. The van der Waals surface area contributed by atoms with Gasteiger partial charge in [-0.3, -0.25) is 9.89 Å². The molecule has 19 heavy (non-hydrogen) atoms. The molecule has 1 amide bonds. The summed E-state index contributed by atoms with van der Waals surface area (Å²) in [5.41, 5.74) is 0.958. The third-order valence-electron chi connectivity index (χ3n) is 4.42. The molecule has 0 aromatic carbocycles. The van der Waals surface area contributed by atoms with Crippen LogP contribution in [-0.4, -0.2) is 28.2 Å². The largest absolute Gasteiger partial charge is 0.308 e.